The van der Waals surface area contributed by atoms with Gasteiger partial charge < -0.3 is 5.32 Å². The summed E-state index contributed by atoms with van der Waals surface area (Å²) < 4.78 is 4.58. The Labute approximate surface area is 107 Å². The number of aryl methyl sites for hydroxylation is 1. The fourth-order valence-electron chi connectivity index (χ4n) is 2.15. The van der Waals surface area contributed by atoms with Crippen molar-refractivity contribution in [3.8, 4) is 0 Å². The molecule has 0 saturated carbocycles. The largest absolute Gasteiger partial charge is 0.349 e. The highest BCUT2D eigenvalue weighted by Crippen LogP contribution is 2.09. The van der Waals surface area contributed by atoms with Crippen LogP contribution in [0, 0.1) is 6.92 Å². The Morgan fingerprint density at radius 2 is 2.00 bits per heavy atom. The third kappa shape index (κ3) is 3.80. The van der Waals surface area contributed by atoms with Gasteiger partial charge in [0.05, 0.1) is 13.1 Å². The van der Waals surface area contributed by atoms with Crippen molar-refractivity contribution in [1.29, 1.82) is 0 Å². The maximum atomic E-state index is 11.8. The van der Waals surface area contributed by atoms with E-state index in [4.69, 9.17) is 0 Å². The van der Waals surface area contributed by atoms with Gasteiger partial charge in [0.2, 0.25) is 5.91 Å². The summed E-state index contributed by atoms with van der Waals surface area (Å²) in [6.07, 6.45) is 4.95. The second-order valence-electron chi connectivity index (χ2n) is 4.76. The summed E-state index contributed by atoms with van der Waals surface area (Å²) >= 11 is 0. The summed E-state index contributed by atoms with van der Waals surface area (Å²) in [6.45, 7) is 4.73. The number of nitrogens with zero attached hydrogens (tertiary/aromatic N) is 3. The minimum Gasteiger partial charge on any atom is -0.349 e. The molecule has 0 unspecified atom stereocenters. The molecule has 1 aliphatic heterocycles. The van der Waals surface area contributed by atoms with Crippen molar-refractivity contribution in [2.24, 2.45) is 0 Å². The number of likely N-dealkylation sites (tertiary alicyclic amines) is 1. The third-order valence-electron chi connectivity index (χ3n) is 3.27. The average molecular weight is 252 g/mol. The fourth-order valence-corrected chi connectivity index (χ4v) is 2.15. The lowest BCUT2D eigenvalue weighted by Gasteiger charge is -2.18. The van der Waals surface area contributed by atoms with Crippen LogP contribution >= 0.6 is 0 Å². The van der Waals surface area contributed by atoms with Crippen LogP contribution in [0.5, 0.6) is 0 Å². The molecule has 1 aromatic rings. The molecule has 6 nitrogen and oxygen atoms in total. The third-order valence-corrected chi connectivity index (χ3v) is 3.27. The molecule has 1 N–H and O–H groups in total. The van der Waals surface area contributed by atoms with Crippen LogP contribution < -0.4 is 5.32 Å². The van der Waals surface area contributed by atoms with E-state index in [2.05, 4.69) is 25.2 Å². The molecule has 1 saturated heterocycles. The molecule has 1 aromatic heterocycles. The van der Waals surface area contributed by atoms with E-state index in [9.17, 15) is 4.79 Å². The molecule has 0 atom stereocenters. The predicted molar refractivity (Wildman–Crippen MR) is 65.8 cm³/mol. The number of hydrogen-bond acceptors (Lipinski definition) is 5. The summed E-state index contributed by atoms with van der Waals surface area (Å²) in [6, 6.07) is 0. The molecule has 2 heterocycles. The first-order valence-corrected chi connectivity index (χ1v) is 6.53. The zero-order valence-electron chi connectivity index (χ0n) is 10.8. The van der Waals surface area contributed by atoms with Gasteiger partial charge >= 0.3 is 0 Å². The van der Waals surface area contributed by atoms with Crippen LogP contribution in [0.2, 0.25) is 0 Å². The molecule has 0 spiro atoms. The summed E-state index contributed by atoms with van der Waals surface area (Å²) in [5, 5.41) is 10.3. The Morgan fingerprint density at radius 1 is 1.28 bits per heavy atom. The second-order valence-corrected chi connectivity index (χ2v) is 4.76. The maximum Gasteiger partial charge on any atom is 0.234 e. The maximum absolute atomic E-state index is 11.8. The first-order valence-electron chi connectivity index (χ1n) is 6.53. The van der Waals surface area contributed by atoms with Crippen molar-refractivity contribution in [2.45, 2.75) is 39.2 Å². The lowest BCUT2D eigenvalue weighted by molar-refractivity contribution is -0.122. The van der Waals surface area contributed by atoms with Crippen LogP contribution in [-0.2, 0) is 11.3 Å². The molecule has 1 aliphatic rings. The van der Waals surface area contributed by atoms with Gasteiger partial charge in [-0.1, -0.05) is 23.2 Å². The lowest BCUT2D eigenvalue weighted by Crippen LogP contribution is -2.37. The Hall–Kier alpha value is -1.43. The van der Waals surface area contributed by atoms with Gasteiger partial charge in [-0.3, -0.25) is 9.69 Å². The summed E-state index contributed by atoms with van der Waals surface area (Å²) in [7, 11) is 0. The van der Waals surface area contributed by atoms with Gasteiger partial charge in [0, 0.05) is 0 Å². The van der Waals surface area contributed by atoms with Crippen molar-refractivity contribution >= 4 is 5.91 Å². The quantitative estimate of drug-likeness (QED) is 0.861. The summed E-state index contributed by atoms with van der Waals surface area (Å²) in [5.41, 5.74) is 1.42. The van der Waals surface area contributed by atoms with Crippen LogP contribution in [-0.4, -0.2) is 40.8 Å². The zero-order chi connectivity index (χ0) is 12.8. The van der Waals surface area contributed by atoms with E-state index in [1.165, 1.54) is 25.7 Å². The molecule has 0 aliphatic carbocycles. The fraction of sp³-hybridized carbons (Fsp3) is 0.750. The number of nitrogens with one attached hydrogen (secondary N) is 1. The molecule has 100 valence electrons. The summed E-state index contributed by atoms with van der Waals surface area (Å²) in [4.78, 5) is 14.0. The standard InChI is InChI=1S/C12H20N4O2/c1-10-11(15-18-14-10)8-13-12(17)9-16-6-4-2-3-5-7-16/h2-9H2,1H3,(H,13,17). The van der Waals surface area contributed by atoms with Crippen LogP contribution in [0.1, 0.15) is 37.1 Å². The summed E-state index contributed by atoms with van der Waals surface area (Å²) in [5.74, 6) is 0.0410. The van der Waals surface area contributed by atoms with Gasteiger partial charge in [-0.2, -0.15) is 0 Å². The Kier molecular flexibility index (Phi) is 4.69. The molecule has 0 radical (unpaired) electrons. The molecule has 0 bridgehead atoms. The van der Waals surface area contributed by atoms with Crippen LogP contribution in [0.4, 0.5) is 0 Å². The van der Waals surface area contributed by atoms with Crippen LogP contribution in [0.25, 0.3) is 0 Å². The minimum atomic E-state index is 0.0410. The average Bonchev–Trinajstić information content (AvgIpc) is 2.61. The van der Waals surface area contributed by atoms with Gasteiger partial charge in [0.1, 0.15) is 11.4 Å². The molecule has 0 aromatic carbocycles. The highest BCUT2D eigenvalue weighted by Gasteiger charge is 2.13. The number of carbonyl (C=O) groups excluding carboxylic acids is 1. The van der Waals surface area contributed by atoms with E-state index in [-0.39, 0.29) is 5.91 Å². The van der Waals surface area contributed by atoms with Crippen molar-refractivity contribution < 1.29 is 9.42 Å². The van der Waals surface area contributed by atoms with E-state index in [1.54, 1.807) is 0 Å². The number of rotatable bonds is 4. The van der Waals surface area contributed by atoms with Gasteiger partial charge in [0.15, 0.2) is 0 Å². The highest BCUT2D eigenvalue weighted by molar-refractivity contribution is 5.77. The number of amides is 1. The second kappa shape index (κ2) is 6.49. The lowest BCUT2D eigenvalue weighted by atomic mass is 10.2. The molecule has 2 rings (SSSR count). The van der Waals surface area contributed by atoms with E-state index in [0.717, 1.165) is 18.8 Å². The van der Waals surface area contributed by atoms with Gasteiger partial charge in [-0.05, 0) is 32.9 Å². The van der Waals surface area contributed by atoms with Gasteiger partial charge in [0.25, 0.3) is 0 Å². The number of aromatic nitrogens is 2. The first-order chi connectivity index (χ1) is 8.75. The Bertz CT molecular complexity index is 383. The first kappa shape index (κ1) is 13.0. The van der Waals surface area contributed by atoms with E-state index in [1.807, 2.05) is 6.92 Å². The van der Waals surface area contributed by atoms with Crippen LogP contribution in [0.3, 0.4) is 0 Å². The van der Waals surface area contributed by atoms with Crippen molar-refractivity contribution in [1.82, 2.24) is 20.5 Å². The topological polar surface area (TPSA) is 71.3 Å². The molecular formula is C12H20N4O2. The monoisotopic (exact) mass is 252 g/mol. The van der Waals surface area contributed by atoms with E-state index < -0.39 is 0 Å². The van der Waals surface area contributed by atoms with Gasteiger partial charge in [-0.25, -0.2) is 4.63 Å². The van der Waals surface area contributed by atoms with Crippen molar-refractivity contribution in [3.05, 3.63) is 11.4 Å². The highest BCUT2D eigenvalue weighted by atomic mass is 16.6. The van der Waals surface area contributed by atoms with E-state index in [0.29, 0.717) is 18.8 Å². The SMILES string of the molecule is Cc1nonc1CNC(=O)CN1CCCCCC1. The molecule has 1 amide bonds. The van der Waals surface area contributed by atoms with E-state index >= 15 is 0 Å². The normalized spacial score (nSPS) is 17.4. The zero-order valence-corrected chi connectivity index (χ0v) is 10.8. The molecule has 6 heteroatoms. The number of carbonyl (C=O) groups is 1. The smallest absolute Gasteiger partial charge is 0.234 e. The van der Waals surface area contributed by atoms with Gasteiger partial charge in [-0.15, -0.1) is 0 Å². The Morgan fingerprint density at radius 3 is 2.61 bits per heavy atom. The number of hydrogen-bond donors (Lipinski definition) is 1. The van der Waals surface area contributed by atoms with Crippen molar-refractivity contribution in [2.75, 3.05) is 19.6 Å². The van der Waals surface area contributed by atoms with Crippen LogP contribution in [0.15, 0.2) is 4.63 Å². The predicted octanol–water partition coefficient (Wildman–Crippen LogP) is 0.870. The molecular weight excluding hydrogens is 232 g/mol. The van der Waals surface area contributed by atoms with Crippen molar-refractivity contribution in [3.63, 3.8) is 0 Å². The molecule has 18 heavy (non-hydrogen) atoms. The Balaban J connectivity index is 1.73. The molecule has 1 fully saturated rings. The minimum absolute atomic E-state index is 0.0410.